The van der Waals surface area contributed by atoms with Crippen LogP contribution in [0.15, 0.2) is 34.1 Å². The van der Waals surface area contributed by atoms with Crippen molar-refractivity contribution < 1.29 is 9.59 Å². The fourth-order valence-electron chi connectivity index (χ4n) is 1.54. The van der Waals surface area contributed by atoms with Gasteiger partial charge in [-0.2, -0.15) is 0 Å². The molecule has 0 bridgehead atoms. The zero-order valence-corrected chi connectivity index (χ0v) is 12.9. The number of rotatable bonds is 3. The fraction of sp³-hybridized carbons (Fsp3) is 0.0833. The molecule has 7 heteroatoms. The summed E-state index contributed by atoms with van der Waals surface area (Å²) in [4.78, 5) is 26.2. The van der Waals surface area contributed by atoms with E-state index < -0.39 is 11.8 Å². The molecule has 1 aromatic rings. The normalized spacial score (nSPS) is 17.8. The smallest absolute Gasteiger partial charge is 0.265 e. The molecule has 0 saturated carbocycles. The largest absolute Gasteiger partial charge is 0.298 e. The van der Waals surface area contributed by atoms with Gasteiger partial charge in [-0.1, -0.05) is 6.08 Å². The molecule has 4 nitrogen and oxygen atoms in total. The first kappa shape index (κ1) is 14.1. The molecule has 0 aliphatic carbocycles. The van der Waals surface area contributed by atoms with E-state index in [0.29, 0.717) is 0 Å². The van der Waals surface area contributed by atoms with E-state index in [9.17, 15) is 9.59 Å². The third-order valence-corrected chi connectivity index (χ3v) is 4.27. The fourth-order valence-corrected chi connectivity index (χ4v) is 3.15. The Morgan fingerprint density at radius 2 is 2.21 bits per heavy atom. The Hall–Kier alpha value is -1.31. The maximum absolute atomic E-state index is 12.2. The number of amides is 2. The third kappa shape index (κ3) is 2.99. The standard InChI is InChI=1S/C12H9BrN2O2S2/c1-2-5-15-11(17)8(10(16)14-12(15)18)6-7-3-4-9(13)19-7/h2-4,6H,1,5H2,(H,14,16,18). The number of hydrogen-bond donors (Lipinski definition) is 1. The van der Waals surface area contributed by atoms with Crippen molar-refractivity contribution in [2.24, 2.45) is 0 Å². The van der Waals surface area contributed by atoms with Crippen LogP contribution in [0.3, 0.4) is 0 Å². The predicted molar refractivity (Wildman–Crippen MR) is 82.6 cm³/mol. The number of carbonyl (C=O) groups is 2. The Labute approximate surface area is 127 Å². The molecule has 1 aliphatic rings. The van der Waals surface area contributed by atoms with Gasteiger partial charge >= 0.3 is 0 Å². The lowest BCUT2D eigenvalue weighted by molar-refractivity contribution is -0.128. The maximum Gasteiger partial charge on any atom is 0.265 e. The van der Waals surface area contributed by atoms with Crippen LogP contribution in [0.5, 0.6) is 0 Å². The van der Waals surface area contributed by atoms with Crippen molar-refractivity contribution in [3.05, 3.63) is 39.0 Å². The molecular weight excluding hydrogens is 348 g/mol. The van der Waals surface area contributed by atoms with Gasteiger partial charge in [-0.15, -0.1) is 17.9 Å². The molecule has 1 fully saturated rings. The number of carbonyl (C=O) groups excluding carboxylic acids is 2. The Balaban J connectivity index is 2.35. The molecule has 1 aromatic heterocycles. The van der Waals surface area contributed by atoms with Crippen molar-refractivity contribution in [3.63, 3.8) is 0 Å². The lowest BCUT2D eigenvalue weighted by Crippen LogP contribution is -2.53. The summed E-state index contributed by atoms with van der Waals surface area (Å²) in [5.74, 6) is -0.877. The highest BCUT2D eigenvalue weighted by atomic mass is 79.9. The van der Waals surface area contributed by atoms with E-state index in [-0.39, 0.29) is 17.2 Å². The summed E-state index contributed by atoms with van der Waals surface area (Å²) in [6.07, 6.45) is 3.12. The summed E-state index contributed by atoms with van der Waals surface area (Å²) >= 11 is 9.73. The van der Waals surface area contributed by atoms with Crippen LogP contribution < -0.4 is 5.32 Å². The lowest BCUT2D eigenvalue weighted by Gasteiger charge is -2.27. The van der Waals surface area contributed by atoms with E-state index in [1.165, 1.54) is 16.2 Å². The monoisotopic (exact) mass is 356 g/mol. The number of thiophene rings is 1. The third-order valence-electron chi connectivity index (χ3n) is 2.38. The molecule has 2 heterocycles. The number of halogens is 1. The number of thiocarbonyl (C=S) groups is 1. The number of nitrogens with one attached hydrogen (secondary N) is 1. The van der Waals surface area contributed by atoms with Crippen molar-refractivity contribution in [1.82, 2.24) is 10.2 Å². The van der Waals surface area contributed by atoms with E-state index in [2.05, 4.69) is 27.8 Å². The molecule has 0 radical (unpaired) electrons. The van der Waals surface area contributed by atoms with E-state index in [1.54, 1.807) is 12.2 Å². The molecule has 0 aromatic carbocycles. The first-order chi connectivity index (χ1) is 9.02. The Kier molecular flexibility index (Phi) is 4.28. The lowest BCUT2D eigenvalue weighted by atomic mass is 10.1. The summed E-state index contributed by atoms with van der Waals surface area (Å²) in [7, 11) is 0. The summed E-state index contributed by atoms with van der Waals surface area (Å²) in [5.41, 5.74) is 0.0739. The van der Waals surface area contributed by atoms with Crippen LogP contribution in [0, 0.1) is 0 Å². The van der Waals surface area contributed by atoms with E-state index >= 15 is 0 Å². The van der Waals surface area contributed by atoms with Crippen LogP contribution in [0.2, 0.25) is 0 Å². The van der Waals surface area contributed by atoms with Crippen LogP contribution in [0.25, 0.3) is 6.08 Å². The molecule has 2 amide bonds. The molecule has 1 N–H and O–H groups in total. The summed E-state index contributed by atoms with van der Waals surface area (Å²) in [6.45, 7) is 3.83. The number of hydrogen-bond acceptors (Lipinski definition) is 4. The molecule has 1 saturated heterocycles. The molecule has 19 heavy (non-hydrogen) atoms. The van der Waals surface area contributed by atoms with Gasteiger partial charge in [0.25, 0.3) is 11.8 Å². The van der Waals surface area contributed by atoms with E-state index in [4.69, 9.17) is 12.2 Å². The van der Waals surface area contributed by atoms with Gasteiger partial charge in [0.2, 0.25) is 0 Å². The molecule has 1 aliphatic heterocycles. The van der Waals surface area contributed by atoms with Gasteiger partial charge in [0, 0.05) is 11.4 Å². The van der Waals surface area contributed by atoms with Crippen molar-refractivity contribution in [2.75, 3.05) is 6.54 Å². The predicted octanol–water partition coefficient (Wildman–Crippen LogP) is 2.32. The SMILES string of the molecule is C=CCN1C(=O)C(=Cc2ccc(Br)s2)C(=O)NC1=S. The Bertz CT molecular complexity index is 607. The summed E-state index contributed by atoms with van der Waals surface area (Å²) in [5, 5.41) is 2.61. The van der Waals surface area contributed by atoms with Gasteiger partial charge in [-0.25, -0.2) is 0 Å². The minimum absolute atomic E-state index is 0.0739. The van der Waals surface area contributed by atoms with E-state index in [0.717, 1.165) is 8.66 Å². The molecule has 98 valence electrons. The zero-order chi connectivity index (χ0) is 14.0. The maximum atomic E-state index is 12.2. The minimum Gasteiger partial charge on any atom is -0.298 e. The molecule has 0 unspecified atom stereocenters. The average molecular weight is 357 g/mol. The Morgan fingerprint density at radius 3 is 2.79 bits per heavy atom. The molecule has 2 rings (SSSR count). The van der Waals surface area contributed by atoms with E-state index in [1.807, 2.05) is 12.1 Å². The van der Waals surface area contributed by atoms with Crippen LogP contribution >= 0.6 is 39.5 Å². The van der Waals surface area contributed by atoms with Gasteiger partial charge in [0.05, 0.1) is 3.79 Å². The van der Waals surface area contributed by atoms with Gasteiger partial charge in [-0.3, -0.25) is 19.8 Å². The second-order valence-electron chi connectivity index (χ2n) is 3.66. The quantitative estimate of drug-likeness (QED) is 0.391. The highest BCUT2D eigenvalue weighted by molar-refractivity contribution is 9.11. The topological polar surface area (TPSA) is 49.4 Å². The molecule has 0 spiro atoms. The Morgan fingerprint density at radius 1 is 1.47 bits per heavy atom. The average Bonchev–Trinajstić information content (AvgIpc) is 2.76. The van der Waals surface area contributed by atoms with Crippen molar-refractivity contribution in [1.29, 1.82) is 0 Å². The van der Waals surface area contributed by atoms with Gasteiger partial charge < -0.3 is 0 Å². The van der Waals surface area contributed by atoms with Crippen molar-refractivity contribution >= 4 is 62.5 Å². The summed E-state index contributed by atoms with van der Waals surface area (Å²) < 4.78 is 0.932. The zero-order valence-electron chi connectivity index (χ0n) is 9.68. The second kappa shape index (κ2) is 5.77. The molecular formula is C12H9BrN2O2S2. The highest BCUT2D eigenvalue weighted by Gasteiger charge is 2.32. The van der Waals surface area contributed by atoms with Crippen LogP contribution in [0.1, 0.15) is 4.88 Å². The van der Waals surface area contributed by atoms with Gasteiger partial charge in [0.15, 0.2) is 5.11 Å². The van der Waals surface area contributed by atoms with Crippen molar-refractivity contribution in [3.8, 4) is 0 Å². The number of nitrogens with zero attached hydrogens (tertiary/aromatic N) is 1. The van der Waals surface area contributed by atoms with Crippen molar-refractivity contribution in [2.45, 2.75) is 0 Å². The summed E-state index contributed by atoms with van der Waals surface area (Å²) in [6, 6.07) is 3.68. The first-order valence-corrected chi connectivity index (χ1v) is 7.30. The second-order valence-corrected chi connectivity index (χ2v) is 6.54. The van der Waals surface area contributed by atoms with Gasteiger partial charge in [0.1, 0.15) is 5.57 Å². The minimum atomic E-state index is -0.472. The van der Waals surface area contributed by atoms with Crippen LogP contribution in [-0.2, 0) is 9.59 Å². The highest BCUT2D eigenvalue weighted by Crippen LogP contribution is 2.25. The first-order valence-electron chi connectivity index (χ1n) is 5.28. The van der Waals surface area contributed by atoms with Crippen LogP contribution in [0.4, 0.5) is 0 Å². The van der Waals surface area contributed by atoms with Gasteiger partial charge in [-0.05, 0) is 46.4 Å². The van der Waals surface area contributed by atoms with Crippen LogP contribution in [-0.4, -0.2) is 28.4 Å². The molecule has 0 atom stereocenters.